The first-order chi connectivity index (χ1) is 10.2. The van der Waals surface area contributed by atoms with E-state index in [0.29, 0.717) is 0 Å². The molecule has 0 saturated heterocycles. The molecular formula is C16H23N5. The minimum absolute atomic E-state index is 0.722. The first-order valence-corrected chi connectivity index (χ1v) is 7.11. The zero-order chi connectivity index (χ0) is 15.2. The minimum Gasteiger partial charge on any atom is -0.359 e. The van der Waals surface area contributed by atoms with E-state index >= 15 is 0 Å². The zero-order valence-corrected chi connectivity index (χ0v) is 13.1. The average Bonchev–Trinajstić information content (AvgIpc) is 2.76. The van der Waals surface area contributed by atoms with Crippen molar-refractivity contribution in [1.29, 1.82) is 0 Å². The summed E-state index contributed by atoms with van der Waals surface area (Å²) in [7, 11) is 3.62. The fraction of sp³-hybridized carbons (Fsp3) is 0.375. The zero-order valence-electron chi connectivity index (χ0n) is 13.1. The highest BCUT2D eigenvalue weighted by atomic mass is 15.3. The van der Waals surface area contributed by atoms with Gasteiger partial charge in [0.2, 0.25) is 0 Å². The fourth-order valence-corrected chi connectivity index (χ4v) is 2.35. The van der Waals surface area contributed by atoms with Crippen molar-refractivity contribution in [3.05, 3.63) is 52.8 Å². The highest BCUT2D eigenvalue weighted by Crippen LogP contribution is 2.14. The Balaban J connectivity index is 2.14. The van der Waals surface area contributed by atoms with Gasteiger partial charge in [0.15, 0.2) is 5.96 Å². The molecule has 0 spiro atoms. The molecule has 0 aliphatic carbocycles. The van der Waals surface area contributed by atoms with Crippen LogP contribution in [0.2, 0.25) is 0 Å². The number of nitrogens with zero attached hydrogens (tertiary/aromatic N) is 3. The summed E-state index contributed by atoms with van der Waals surface area (Å²) in [6, 6.07) is 10.4. The average molecular weight is 285 g/mol. The van der Waals surface area contributed by atoms with E-state index < -0.39 is 0 Å². The van der Waals surface area contributed by atoms with Crippen LogP contribution in [-0.2, 0) is 13.1 Å². The predicted molar refractivity (Wildman–Crippen MR) is 86.5 cm³/mol. The van der Waals surface area contributed by atoms with Crippen LogP contribution in [0.15, 0.2) is 35.3 Å². The number of nitrogens with one attached hydrogen (secondary N) is 2. The molecule has 0 radical (unpaired) electrons. The van der Waals surface area contributed by atoms with Crippen molar-refractivity contribution in [2.24, 2.45) is 4.99 Å². The highest BCUT2D eigenvalue weighted by molar-refractivity contribution is 5.79. The summed E-state index contributed by atoms with van der Waals surface area (Å²) in [6.07, 6.45) is 0. The molecule has 21 heavy (non-hydrogen) atoms. The monoisotopic (exact) mass is 285 g/mol. The van der Waals surface area contributed by atoms with Crippen molar-refractivity contribution in [3.8, 4) is 0 Å². The van der Waals surface area contributed by atoms with Crippen molar-refractivity contribution < 1.29 is 0 Å². The SMILES string of the molecule is CN=C(NC)NCc1c(C)nn(Cc2ccccc2)c1C. The van der Waals surface area contributed by atoms with Crippen LogP contribution >= 0.6 is 0 Å². The molecule has 0 atom stereocenters. The van der Waals surface area contributed by atoms with Gasteiger partial charge >= 0.3 is 0 Å². The molecule has 2 N–H and O–H groups in total. The lowest BCUT2D eigenvalue weighted by molar-refractivity contribution is 0.657. The van der Waals surface area contributed by atoms with E-state index in [0.717, 1.165) is 24.7 Å². The molecule has 112 valence electrons. The molecule has 2 rings (SSSR count). The van der Waals surface area contributed by atoms with Crippen LogP contribution in [-0.4, -0.2) is 29.8 Å². The van der Waals surface area contributed by atoms with E-state index in [1.807, 2.05) is 20.0 Å². The third-order valence-corrected chi connectivity index (χ3v) is 3.60. The topological polar surface area (TPSA) is 54.2 Å². The Morgan fingerprint density at radius 2 is 1.95 bits per heavy atom. The molecule has 0 bridgehead atoms. The quantitative estimate of drug-likeness (QED) is 0.666. The molecule has 1 aromatic carbocycles. The Bertz CT molecular complexity index is 613. The maximum absolute atomic E-state index is 4.65. The summed E-state index contributed by atoms with van der Waals surface area (Å²) in [6.45, 7) is 5.68. The Morgan fingerprint density at radius 3 is 2.57 bits per heavy atom. The van der Waals surface area contributed by atoms with Gasteiger partial charge in [0.05, 0.1) is 12.2 Å². The standard InChI is InChI=1S/C16H23N5/c1-12-15(10-19-16(17-3)18-4)13(2)21(20-12)11-14-8-6-5-7-9-14/h5-9H,10-11H2,1-4H3,(H2,17,18,19). The summed E-state index contributed by atoms with van der Waals surface area (Å²) < 4.78 is 2.06. The number of aliphatic imine (C=N–C) groups is 1. The molecule has 0 saturated carbocycles. The highest BCUT2D eigenvalue weighted by Gasteiger charge is 2.11. The van der Waals surface area contributed by atoms with Crippen molar-refractivity contribution >= 4 is 5.96 Å². The van der Waals surface area contributed by atoms with Crippen molar-refractivity contribution in [1.82, 2.24) is 20.4 Å². The van der Waals surface area contributed by atoms with Gasteiger partial charge in [0, 0.05) is 31.9 Å². The maximum atomic E-state index is 4.65. The molecular weight excluding hydrogens is 262 g/mol. The second-order valence-corrected chi connectivity index (χ2v) is 4.97. The van der Waals surface area contributed by atoms with Gasteiger partial charge in [-0.25, -0.2) is 0 Å². The Hall–Kier alpha value is -2.30. The van der Waals surface area contributed by atoms with Gasteiger partial charge in [-0.05, 0) is 19.4 Å². The number of hydrogen-bond acceptors (Lipinski definition) is 2. The number of hydrogen-bond donors (Lipinski definition) is 2. The number of aryl methyl sites for hydroxylation is 1. The third-order valence-electron chi connectivity index (χ3n) is 3.60. The van der Waals surface area contributed by atoms with Gasteiger partial charge in [-0.1, -0.05) is 30.3 Å². The number of aromatic nitrogens is 2. The summed E-state index contributed by atoms with van der Waals surface area (Å²) >= 11 is 0. The summed E-state index contributed by atoms with van der Waals surface area (Å²) in [5.41, 5.74) is 4.73. The van der Waals surface area contributed by atoms with E-state index in [-0.39, 0.29) is 0 Å². The summed E-state index contributed by atoms with van der Waals surface area (Å²) in [4.78, 5) is 4.12. The molecule has 2 aromatic rings. The van der Waals surface area contributed by atoms with Crippen molar-refractivity contribution in [3.63, 3.8) is 0 Å². The molecule has 1 heterocycles. The first kappa shape index (κ1) is 15.1. The van der Waals surface area contributed by atoms with Gasteiger partial charge in [-0.2, -0.15) is 5.10 Å². The smallest absolute Gasteiger partial charge is 0.190 e. The van der Waals surface area contributed by atoms with E-state index in [2.05, 4.69) is 56.6 Å². The molecule has 0 aliphatic heterocycles. The lowest BCUT2D eigenvalue weighted by atomic mass is 10.2. The summed E-state index contributed by atoms with van der Waals surface area (Å²) in [5, 5.41) is 11.0. The van der Waals surface area contributed by atoms with E-state index in [1.54, 1.807) is 7.05 Å². The van der Waals surface area contributed by atoms with Gasteiger partial charge in [-0.15, -0.1) is 0 Å². The van der Waals surface area contributed by atoms with Crippen LogP contribution in [0.25, 0.3) is 0 Å². The van der Waals surface area contributed by atoms with Crippen LogP contribution < -0.4 is 10.6 Å². The minimum atomic E-state index is 0.722. The third kappa shape index (κ3) is 3.62. The second-order valence-electron chi connectivity index (χ2n) is 4.97. The molecule has 1 aromatic heterocycles. The molecule has 5 nitrogen and oxygen atoms in total. The van der Waals surface area contributed by atoms with Gasteiger partial charge in [0.1, 0.15) is 0 Å². The van der Waals surface area contributed by atoms with E-state index in [1.165, 1.54) is 16.8 Å². The van der Waals surface area contributed by atoms with Crippen LogP contribution in [0, 0.1) is 13.8 Å². The molecule has 0 aliphatic rings. The maximum Gasteiger partial charge on any atom is 0.190 e. The molecule has 0 unspecified atom stereocenters. The number of rotatable bonds is 4. The van der Waals surface area contributed by atoms with Crippen LogP contribution in [0.1, 0.15) is 22.5 Å². The molecule has 5 heteroatoms. The Kier molecular flexibility index (Phi) is 4.98. The second kappa shape index (κ2) is 6.92. The van der Waals surface area contributed by atoms with Crippen molar-refractivity contribution in [2.45, 2.75) is 26.9 Å². The predicted octanol–water partition coefficient (Wildman–Crippen LogP) is 1.84. The van der Waals surface area contributed by atoms with Gasteiger partial charge < -0.3 is 10.6 Å². The Morgan fingerprint density at radius 1 is 1.24 bits per heavy atom. The van der Waals surface area contributed by atoms with E-state index in [4.69, 9.17) is 0 Å². The van der Waals surface area contributed by atoms with Crippen LogP contribution in [0.3, 0.4) is 0 Å². The van der Waals surface area contributed by atoms with Crippen molar-refractivity contribution in [2.75, 3.05) is 14.1 Å². The normalized spacial score (nSPS) is 11.5. The molecule has 0 fully saturated rings. The van der Waals surface area contributed by atoms with Gasteiger partial charge in [0.25, 0.3) is 0 Å². The number of guanidine groups is 1. The summed E-state index contributed by atoms with van der Waals surface area (Å²) in [5.74, 6) is 0.782. The molecule has 0 amide bonds. The van der Waals surface area contributed by atoms with Crippen LogP contribution in [0.5, 0.6) is 0 Å². The largest absolute Gasteiger partial charge is 0.359 e. The lowest BCUT2D eigenvalue weighted by Gasteiger charge is -2.09. The lowest BCUT2D eigenvalue weighted by Crippen LogP contribution is -2.34. The van der Waals surface area contributed by atoms with E-state index in [9.17, 15) is 0 Å². The Labute approximate surface area is 126 Å². The number of benzene rings is 1. The van der Waals surface area contributed by atoms with Gasteiger partial charge in [-0.3, -0.25) is 9.67 Å². The van der Waals surface area contributed by atoms with Crippen LogP contribution in [0.4, 0.5) is 0 Å². The fourth-order valence-electron chi connectivity index (χ4n) is 2.35. The first-order valence-electron chi connectivity index (χ1n) is 7.11.